The standard InChI is InChI=1S/C16H24O2/c1-13(2)5-4-12-18-16-10-8-15(9-11-16)7-6-14(3)17/h8-11,13H,4-7,12H2,1-3H3. The topological polar surface area (TPSA) is 26.3 Å². The fourth-order valence-electron chi connectivity index (χ4n) is 1.75. The lowest BCUT2D eigenvalue weighted by molar-refractivity contribution is -0.116. The number of hydrogen-bond donors (Lipinski definition) is 0. The van der Waals surface area contributed by atoms with Crippen molar-refractivity contribution in [1.29, 1.82) is 0 Å². The molecule has 0 aromatic heterocycles. The van der Waals surface area contributed by atoms with Crippen LogP contribution in [0.15, 0.2) is 24.3 Å². The highest BCUT2D eigenvalue weighted by molar-refractivity contribution is 5.75. The fourth-order valence-corrected chi connectivity index (χ4v) is 1.75. The molecule has 0 atom stereocenters. The van der Waals surface area contributed by atoms with E-state index in [9.17, 15) is 4.79 Å². The fraction of sp³-hybridized carbons (Fsp3) is 0.562. The molecule has 0 radical (unpaired) electrons. The number of Topliss-reactive ketones (excluding diaryl/α,β-unsaturated/α-hetero) is 1. The van der Waals surface area contributed by atoms with Gasteiger partial charge in [-0.25, -0.2) is 0 Å². The maximum atomic E-state index is 10.9. The Morgan fingerprint density at radius 3 is 2.44 bits per heavy atom. The molecule has 0 saturated heterocycles. The molecule has 0 N–H and O–H groups in total. The molecule has 0 aliphatic rings. The zero-order chi connectivity index (χ0) is 13.4. The molecule has 100 valence electrons. The largest absolute Gasteiger partial charge is 0.494 e. The first-order valence-electron chi connectivity index (χ1n) is 6.79. The summed E-state index contributed by atoms with van der Waals surface area (Å²) >= 11 is 0. The molecule has 0 fully saturated rings. The second-order valence-electron chi connectivity index (χ2n) is 5.23. The van der Waals surface area contributed by atoms with Crippen molar-refractivity contribution in [3.05, 3.63) is 29.8 Å². The van der Waals surface area contributed by atoms with Crippen molar-refractivity contribution in [2.75, 3.05) is 6.61 Å². The van der Waals surface area contributed by atoms with Crippen LogP contribution in [0, 0.1) is 5.92 Å². The minimum absolute atomic E-state index is 0.240. The van der Waals surface area contributed by atoms with E-state index < -0.39 is 0 Å². The van der Waals surface area contributed by atoms with Crippen molar-refractivity contribution in [3.8, 4) is 5.75 Å². The van der Waals surface area contributed by atoms with Crippen LogP contribution in [0.3, 0.4) is 0 Å². The quantitative estimate of drug-likeness (QED) is 0.649. The van der Waals surface area contributed by atoms with Gasteiger partial charge in [-0.2, -0.15) is 0 Å². The van der Waals surface area contributed by atoms with Crippen LogP contribution < -0.4 is 4.74 Å². The molecule has 0 bridgehead atoms. The Hall–Kier alpha value is -1.31. The summed E-state index contributed by atoms with van der Waals surface area (Å²) in [5, 5.41) is 0. The highest BCUT2D eigenvalue weighted by Gasteiger charge is 1.99. The average Bonchev–Trinajstić information content (AvgIpc) is 2.33. The molecule has 0 aliphatic heterocycles. The van der Waals surface area contributed by atoms with Gasteiger partial charge >= 0.3 is 0 Å². The molecule has 0 amide bonds. The summed E-state index contributed by atoms with van der Waals surface area (Å²) in [5.41, 5.74) is 1.19. The number of carbonyl (C=O) groups excluding carboxylic acids is 1. The first kappa shape index (κ1) is 14.7. The predicted molar refractivity (Wildman–Crippen MR) is 75.0 cm³/mol. The third kappa shape index (κ3) is 6.43. The number of benzene rings is 1. The smallest absolute Gasteiger partial charge is 0.130 e. The van der Waals surface area contributed by atoms with E-state index in [0.717, 1.165) is 31.1 Å². The third-order valence-corrected chi connectivity index (χ3v) is 2.88. The summed E-state index contributed by atoms with van der Waals surface area (Å²) in [6, 6.07) is 8.07. The first-order valence-corrected chi connectivity index (χ1v) is 6.79. The van der Waals surface area contributed by atoms with E-state index in [4.69, 9.17) is 4.74 Å². The van der Waals surface area contributed by atoms with Crippen LogP contribution in [0.25, 0.3) is 0 Å². The Bertz CT molecular complexity index is 352. The molecule has 1 rings (SSSR count). The Morgan fingerprint density at radius 1 is 1.22 bits per heavy atom. The summed E-state index contributed by atoms with van der Waals surface area (Å²) < 4.78 is 5.67. The molecular formula is C16H24O2. The van der Waals surface area contributed by atoms with Crippen LogP contribution in [0.4, 0.5) is 0 Å². The predicted octanol–water partition coefficient (Wildman–Crippen LogP) is 4.02. The first-order chi connectivity index (χ1) is 8.58. The highest BCUT2D eigenvalue weighted by Crippen LogP contribution is 2.14. The van der Waals surface area contributed by atoms with E-state index in [1.807, 2.05) is 24.3 Å². The van der Waals surface area contributed by atoms with Crippen molar-refractivity contribution in [2.24, 2.45) is 5.92 Å². The van der Waals surface area contributed by atoms with Gasteiger partial charge in [-0.1, -0.05) is 26.0 Å². The van der Waals surface area contributed by atoms with Crippen molar-refractivity contribution in [1.82, 2.24) is 0 Å². The Labute approximate surface area is 110 Å². The molecule has 0 heterocycles. The summed E-state index contributed by atoms with van der Waals surface area (Å²) in [7, 11) is 0. The maximum absolute atomic E-state index is 10.9. The molecular weight excluding hydrogens is 224 g/mol. The zero-order valence-corrected chi connectivity index (χ0v) is 11.7. The van der Waals surface area contributed by atoms with Gasteiger partial charge in [0.1, 0.15) is 11.5 Å². The van der Waals surface area contributed by atoms with Crippen molar-refractivity contribution in [2.45, 2.75) is 46.5 Å². The van der Waals surface area contributed by atoms with Gasteiger partial charge in [0.05, 0.1) is 6.61 Å². The summed E-state index contributed by atoms with van der Waals surface area (Å²) in [6.45, 7) is 6.87. The van der Waals surface area contributed by atoms with E-state index >= 15 is 0 Å². The monoisotopic (exact) mass is 248 g/mol. The van der Waals surface area contributed by atoms with Crippen LogP contribution in [-0.4, -0.2) is 12.4 Å². The van der Waals surface area contributed by atoms with Gasteiger partial charge in [-0.15, -0.1) is 0 Å². The number of hydrogen-bond acceptors (Lipinski definition) is 2. The average molecular weight is 248 g/mol. The molecule has 18 heavy (non-hydrogen) atoms. The molecule has 0 aliphatic carbocycles. The molecule has 2 heteroatoms. The van der Waals surface area contributed by atoms with Crippen LogP contribution >= 0.6 is 0 Å². The molecule has 1 aromatic rings. The van der Waals surface area contributed by atoms with Gasteiger partial charge in [0, 0.05) is 6.42 Å². The van der Waals surface area contributed by atoms with Gasteiger partial charge < -0.3 is 9.53 Å². The van der Waals surface area contributed by atoms with Crippen LogP contribution in [0.5, 0.6) is 5.75 Å². The van der Waals surface area contributed by atoms with Gasteiger partial charge in [-0.05, 0) is 49.8 Å². The van der Waals surface area contributed by atoms with Gasteiger partial charge in [0.15, 0.2) is 0 Å². The SMILES string of the molecule is CC(=O)CCc1ccc(OCCCC(C)C)cc1. The lowest BCUT2D eigenvalue weighted by Gasteiger charge is -2.08. The zero-order valence-electron chi connectivity index (χ0n) is 11.7. The number of ether oxygens (including phenoxy) is 1. The lowest BCUT2D eigenvalue weighted by Crippen LogP contribution is -2.00. The van der Waals surface area contributed by atoms with Crippen LogP contribution in [0.1, 0.15) is 45.6 Å². The van der Waals surface area contributed by atoms with E-state index in [1.54, 1.807) is 6.92 Å². The molecule has 2 nitrogen and oxygen atoms in total. The number of rotatable bonds is 8. The Balaban J connectivity index is 2.29. The number of aryl methyl sites for hydroxylation is 1. The lowest BCUT2D eigenvalue weighted by atomic mass is 10.1. The summed E-state index contributed by atoms with van der Waals surface area (Å²) in [5.74, 6) is 1.90. The molecule has 0 spiro atoms. The van der Waals surface area contributed by atoms with Gasteiger partial charge in [0.2, 0.25) is 0 Å². The van der Waals surface area contributed by atoms with E-state index in [2.05, 4.69) is 13.8 Å². The number of carbonyl (C=O) groups is 1. The minimum atomic E-state index is 0.240. The van der Waals surface area contributed by atoms with Gasteiger partial charge in [0.25, 0.3) is 0 Å². The Kier molecular flexibility index (Phi) is 6.48. The second-order valence-corrected chi connectivity index (χ2v) is 5.23. The maximum Gasteiger partial charge on any atom is 0.130 e. The molecule has 0 unspecified atom stereocenters. The summed E-state index contributed by atoms with van der Waals surface area (Å²) in [6.07, 6.45) is 3.75. The minimum Gasteiger partial charge on any atom is -0.494 e. The van der Waals surface area contributed by atoms with E-state index in [1.165, 1.54) is 12.0 Å². The van der Waals surface area contributed by atoms with Crippen molar-refractivity contribution >= 4 is 5.78 Å². The third-order valence-electron chi connectivity index (χ3n) is 2.88. The van der Waals surface area contributed by atoms with Crippen LogP contribution in [0.2, 0.25) is 0 Å². The van der Waals surface area contributed by atoms with E-state index in [0.29, 0.717) is 6.42 Å². The Morgan fingerprint density at radius 2 is 1.89 bits per heavy atom. The normalized spacial score (nSPS) is 10.7. The van der Waals surface area contributed by atoms with E-state index in [-0.39, 0.29) is 5.78 Å². The van der Waals surface area contributed by atoms with Gasteiger partial charge in [-0.3, -0.25) is 0 Å². The molecule has 1 aromatic carbocycles. The van der Waals surface area contributed by atoms with Crippen molar-refractivity contribution in [3.63, 3.8) is 0 Å². The van der Waals surface area contributed by atoms with Crippen molar-refractivity contribution < 1.29 is 9.53 Å². The molecule has 0 saturated carbocycles. The summed E-state index contributed by atoms with van der Waals surface area (Å²) in [4.78, 5) is 10.9. The second kappa shape index (κ2) is 7.91. The highest BCUT2D eigenvalue weighted by atomic mass is 16.5. The van der Waals surface area contributed by atoms with Crippen LogP contribution in [-0.2, 0) is 11.2 Å². The number of ketones is 1.